The minimum Gasteiger partial charge on any atom is -0.413 e. The second kappa shape index (κ2) is 8.70. The van der Waals surface area contributed by atoms with Crippen molar-refractivity contribution < 1.29 is 22.0 Å². The van der Waals surface area contributed by atoms with E-state index in [0.717, 1.165) is 31.1 Å². The number of rotatable bonds is 9. The summed E-state index contributed by atoms with van der Waals surface area (Å²) in [6, 6.07) is 5.83. The first-order valence-electron chi connectivity index (χ1n) is 7.88. The maximum Gasteiger partial charge on any atom is 0.335 e. The van der Waals surface area contributed by atoms with Crippen LogP contribution in [0.3, 0.4) is 0 Å². The minimum atomic E-state index is -3.47. The van der Waals surface area contributed by atoms with Crippen LogP contribution in [0.25, 0.3) is 0 Å². The van der Waals surface area contributed by atoms with Gasteiger partial charge in [0.1, 0.15) is 5.82 Å². The van der Waals surface area contributed by atoms with Gasteiger partial charge in [0.15, 0.2) is 0 Å². The van der Waals surface area contributed by atoms with Crippen molar-refractivity contribution in [2.75, 3.05) is 12.8 Å². The third-order valence-corrected chi connectivity index (χ3v) is 4.23. The Labute approximate surface area is 145 Å². The molecule has 1 heterocycles. The fourth-order valence-electron chi connectivity index (χ4n) is 2.15. The monoisotopic (exact) mass is 369 g/mol. The van der Waals surface area contributed by atoms with Crippen LogP contribution in [0.4, 0.5) is 4.39 Å². The molecule has 7 nitrogen and oxygen atoms in total. The van der Waals surface area contributed by atoms with Gasteiger partial charge >= 0.3 is 5.22 Å². The Kier molecular flexibility index (Phi) is 6.63. The molecule has 0 atom stereocenters. The summed E-state index contributed by atoms with van der Waals surface area (Å²) in [7, 11) is -3.47. The Balaban J connectivity index is 1.59. The van der Waals surface area contributed by atoms with Gasteiger partial charge in [0, 0.05) is 19.2 Å². The largest absolute Gasteiger partial charge is 0.413 e. The zero-order chi connectivity index (χ0) is 18.3. The van der Waals surface area contributed by atoms with Gasteiger partial charge in [0.25, 0.3) is 0 Å². The number of unbranched alkanes of at least 4 members (excludes halogenated alkanes) is 2. The standard InChI is InChI=1S/C16H20FN3O4S/c1-25(22,23)16-20-19-15(24-16)5-3-2-4-10-18-14(21)11-12-6-8-13(17)9-7-12/h6-9H,2-5,10-11H2,1H3,(H,18,21). The van der Waals surface area contributed by atoms with E-state index in [0.29, 0.717) is 18.9 Å². The summed E-state index contributed by atoms with van der Waals surface area (Å²) < 4.78 is 40.3. The number of amides is 1. The lowest BCUT2D eigenvalue weighted by atomic mass is 10.1. The van der Waals surface area contributed by atoms with Gasteiger partial charge in [-0.15, -0.1) is 5.10 Å². The highest BCUT2D eigenvalue weighted by atomic mass is 32.2. The first-order chi connectivity index (χ1) is 11.8. The van der Waals surface area contributed by atoms with Crippen molar-refractivity contribution in [1.29, 1.82) is 0 Å². The lowest BCUT2D eigenvalue weighted by molar-refractivity contribution is -0.120. The smallest absolute Gasteiger partial charge is 0.335 e. The number of nitrogens with zero attached hydrogens (tertiary/aromatic N) is 2. The highest BCUT2D eigenvalue weighted by Gasteiger charge is 2.16. The van der Waals surface area contributed by atoms with Crippen molar-refractivity contribution in [3.8, 4) is 0 Å². The molecule has 0 spiro atoms. The molecular formula is C16H20FN3O4S. The maximum atomic E-state index is 12.8. The minimum absolute atomic E-state index is 0.110. The summed E-state index contributed by atoms with van der Waals surface area (Å²) in [6.07, 6.45) is 4.08. The summed E-state index contributed by atoms with van der Waals surface area (Å²) in [6.45, 7) is 0.540. The number of aryl methyl sites for hydroxylation is 1. The van der Waals surface area contributed by atoms with E-state index >= 15 is 0 Å². The molecule has 0 saturated carbocycles. The van der Waals surface area contributed by atoms with E-state index in [-0.39, 0.29) is 23.4 Å². The molecule has 0 saturated heterocycles. The molecule has 2 aromatic rings. The van der Waals surface area contributed by atoms with Crippen LogP contribution in [0.2, 0.25) is 0 Å². The van der Waals surface area contributed by atoms with Gasteiger partial charge in [-0.1, -0.05) is 23.7 Å². The number of aromatic nitrogens is 2. The first-order valence-corrected chi connectivity index (χ1v) is 9.77. The topological polar surface area (TPSA) is 102 Å². The Hall–Kier alpha value is -2.29. The normalized spacial score (nSPS) is 11.4. The van der Waals surface area contributed by atoms with Gasteiger partial charge in [0.2, 0.25) is 21.6 Å². The summed E-state index contributed by atoms with van der Waals surface area (Å²) in [5.74, 6) is -0.142. The molecule has 1 N–H and O–H groups in total. The van der Waals surface area contributed by atoms with Crippen molar-refractivity contribution in [2.24, 2.45) is 0 Å². The second-order valence-electron chi connectivity index (χ2n) is 5.70. The molecule has 136 valence electrons. The van der Waals surface area contributed by atoms with Gasteiger partial charge < -0.3 is 9.73 Å². The number of nitrogens with one attached hydrogen (secondary N) is 1. The Morgan fingerprint density at radius 3 is 2.52 bits per heavy atom. The van der Waals surface area contributed by atoms with E-state index < -0.39 is 9.84 Å². The van der Waals surface area contributed by atoms with E-state index in [1.54, 1.807) is 12.1 Å². The van der Waals surface area contributed by atoms with Crippen molar-refractivity contribution in [1.82, 2.24) is 15.5 Å². The Bertz CT molecular complexity index is 803. The number of carbonyl (C=O) groups excluding carboxylic acids is 1. The molecule has 1 amide bonds. The van der Waals surface area contributed by atoms with Crippen molar-refractivity contribution in [3.63, 3.8) is 0 Å². The van der Waals surface area contributed by atoms with Crippen LogP contribution in [0.5, 0.6) is 0 Å². The number of hydrogen-bond donors (Lipinski definition) is 1. The molecule has 0 aliphatic rings. The van der Waals surface area contributed by atoms with Gasteiger partial charge in [-0.05, 0) is 30.5 Å². The summed E-state index contributed by atoms with van der Waals surface area (Å²) >= 11 is 0. The maximum absolute atomic E-state index is 12.8. The van der Waals surface area contributed by atoms with Crippen molar-refractivity contribution in [3.05, 3.63) is 41.5 Å². The quantitative estimate of drug-likeness (QED) is 0.675. The van der Waals surface area contributed by atoms with Crippen LogP contribution in [0.15, 0.2) is 33.9 Å². The van der Waals surface area contributed by atoms with Crippen LogP contribution in [0, 0.1) is 5.82 Å². The average Bonchev–Trinajstić information content (AvgIpc) is 3.02. The van der Waals surface area contributed by atoms with Crippen molar-refractivity contribution >= 4 is 15.7 Å². The fourth-order valence-corrected chi connectivity index (χ4v) is 2.58. The lowest BCUT2D eigenvalue weighted by Crippen LogP contribution is -2.26. The Morgan fingerprint density at radius 1 is 1.16 bits per heavy atom. The Morgan fingerprint density at radius 2 is 1.88 bits per heavy atom. The molecule has 0 aliphatic carbocycles. The summed E-state index contributed by atoms with van der Waals surface area (Å²) in [4.78, 5) is 11.8. The van der Waals surface area contributed by atoms with Crippen LogP contribution in [-0.4, -0.2) is 37.3 Å². The van der Waals surface area contributed by atoms with E-state index in [2.05, 4.69) is 15.5 Å². The lowest BCUT2D eigenvalue weighted by Gasteiger charge is -2.05. The van der Waals surface area contributed by atoms with Gasteiger partial charge in [0.05, 0.1) is 6.42 Å². The fraction of sp³-hybridized carbons (Fsp3) is 0.438. The average molecular weight is 369 g/mol. The molecule has 0 unspecified atom stereocenters. The zero-order valence-corrected chi connectivity index (χ0v) is 14.7. The molecule has 0 radical (unpaired) electrons. The molecule has 0 aliphatic heterocycles. The van der Waals surface area contributed by atoms with Crippen molar-refractivity contribution in [2.45, 2.75) is 37.3 Å². The molecule has 1 aromatic carbocycles. The van der Waals surface area contributed by atoms with Crippen LogP contribution < -0.4 is 5.32 Å². The molecule has 9 heteroatoms. The summed E-state index contributed by atoms with van der Waals surface area (Å²) in [5.41, 5.74) is 0.761. The van der Waals surface area contributed by atoms with Crippen LogP contribution in [-0.2, 0) is 27.5 Å². The van der Waals surface area contributed by atoms with E-state index in [9.17, 15) is 17.6 Å². The predicted molar refractivity (Wildman–Crippen MR) is 88.1 cm³/mol. The SMILES string of the molecule is CS(=O)(=O)c1nnc(CCCCCNC(=O)Cc2ccc(F)cc2)o1. The summed E-state index contributed by atoms with van der Waals surface area (Å²) in [5, 5.41) is 9.62. The highest BCUT2D eigenvalue weighted by Crippen LogP contribution is 2.10. The third-order valence-electron chi connectivity index (χ3n) is 3.43. The van der Waals surface area contributed by atoms with E-state index in [4.69, 9.17) is 4.42 Å². The number of benzene rings is 1. The molecular weight excluding hydrogens is 349 g/mol. The zero-order valence-electron chi connectivity index (χ0n) is 13.9. The van der Waals surface area contributed by atoms with Crippen LogP contribution in [0.1, 0.15) is 30.7 Å². The van der Waals surface area contributed by atoms with E-state index in [1.165, 1.54) is 12.1 Å². The first kappa shape index (κ1) is 19.0. The number of halogens is 1. The number of carbonyl (C=O) groups is 1. The van der Waals surface area contributed by atoms with E-state index in [1.807, 2.05) is 0 Å². The second-order valence-corrected chi connectivity index (χ2v) is 7.59. The molecule has 25 heavy (non-hydrogen) atoms. The van der Waals surface area contributed by atoms with Gasteiger partial charge in [-0.2, -0.15) is 0 Å². The van der Waals surface area contributed by atoms with Crippen LogP contribution >= 0.6 is 0 Å². The molecule has 0 bridgehead atoms. The molecule has 0 fully saturated rings. The van der Waals surface area contributed by atoms with Gasteiger partial charge in [-0.3, -0.25) is 4.79 Å². The third kappa shape index (κ3) is 6.61. The predicted octanol–water partition coefficient (Wildman–Crippen LogP) is 1.68. The van der Waals surface area contributed by atoms with Gasteiger partial charge in [-0.25, -0.2) is 12.8 Å². The number of hydrogen-bond acceptors (Lipinski definition) is 6. The number of sulfone groups is 1. The highest BCUT2D eigenvalue weighted by molar-refractivity contribution is 7.90. The molecule has 2 rings (SSSR count). The molecule has 1 aromatic heterocycles.